The normalized spacial score (nSPS) is 11.2. The van der Waals surface area contributed by atoms with Crippen LogP contribution in [-0.4, -0.2) is 53.2 Å². The second-order valence-electron chi connectivity index (χ2n) is 4.77. The van der Waals surface area contributed by atoms with Gasteiger partial charge in [-0.15, -0.1) is 0 Å². The Morgan fingerprint density at radius 3 is 2.65 bits per heavy atom. The number of hydrogen-bond acceptors (Lipinski definition) is 6. The van der Waals surface area contributed by atoms with Crippen LogP contribution in [0.25, 0.3) is 11.1 Å². The summed E-state index contributed by atoms with van der Waals surface area (Å²) < 4.78 is 11.1. The summed E-state index contributed by atoms with van der Waals surface area (Å²) in [5.41, 5.74) is 1.10. The maximum absolute atomic E-state index is 11.0. The van der Waals surface area contributed by atoms with E-state index in [0.717, 1.165) is 5.56 Å². The average molecular weight is 279 g/mol. The molecule has 0 spiro atoms. The van der Waals surface area contributed by atoms with E-state index >= 15 is 0 Å². The summed E-state index contributed by atoms with van der Waals surface area (Å²) in [6.07, 6.45) is 0. The Kier molecular flexibility index (Phi) is 3.89. The van der Waals surface area contributed by atoms with Crippen molar-refractivity contribution in [2.24, 2.45) is 0 Å². The molecule has 7 nitrogen and oxygen atoms in total. The van der Waals surface area contributed by atoms with Crippen molar-refractivity contribution < 1.29 is 19.1 Å². The van der Waals surface area contributed by atoms with E-state index in [4.69, 9.17) is 14.3 Å². The molecule has 1 N–H and O–H groups in total. The van der Waals surface area contributed by atoms with Gasteiger partial charge < -0.3 is 19.2 Å². The van der Waals surface area contributed by atoms with Gasteiger partial charge in [0.2, 0.25) is 17.4 Å². The molecule has 0 radical (unpaired) electrons. The van der Waals surface area contributed by atoms with Crippen molar-refractivity contribution in [2.75, 3.05) is 27.2 Å². The Morgan fingerprint density at radius 1 is 1.35 bits per heavy atom. The first-order chi connectivity index (χ1) is 9.40. The molecule has 0 saturated carbocycles. The number of carboxylic acid groups (broad SMARTS) is 1. The number of carboxylic acids is 1. The third-order valence-corrected chi connectivity index (χ3v) is 2.96. The smallest absolute Gasteiger partial charge is 0.374 e. The highest BCUT2D eigenvalue weighted by Crippen LogP contribution is 2.30. The summed E-state index contributed by atoms with van der Waals surface area (Å²) in [6.45, 7) is 4.76. The summed E-state index contributed by atoms with van der Waals surface area (Å²) in [5, 5.41) is 9.66. The van der Waals surface area contributed by atoms with Crippen LogP contribution in [-0.2, 0) is 0 Å². The van der Waals surface area contributed by atoms with E-state index in [-0.39, 0.29) is 17.4 Å². The lowest BCUT2D eigenvalue weighted by Gasteiger charge is -2.11. The molecule has 2 rings (SSSR count). The topological polar surface area (TPSA) is 88.7 Å². The fourth-order valence-electron chi connectivity index (χ4n) is 1.74. The highest BCUT2D eigenvalue weighted by molar-refractivity contribution is 5.89. The van der Waals surface area contributed by atoms with Gasteiger partial charge in [0.15, 0.2) is 0 Å². The molecule has 2 aromatic heterocycles. The van der Waals surface area contributed by atoms with E-state index in [1.165, 1.54) is 0 Å². The van der Waals surface area contributed by atoms with Crippen molar-refractivity contribution in [1.29, 1.82) is 0 Å². The molecule has 2 heterocycles. The Morgan fingerprint density at radius 2 is 2.05 bits per heavy atom. The summed E-state index contributed by atoms with van der Waals surface area (Å²) in [7, 11) is 3.85. The zero-order valence-electron chi connectivity index (χ0n) is 11.9. The van der Waals surface area contributed by atoms with E-state index in [2.05, 4.69) is 9.97 Å². The van der Waals surface area contributed by atoms with Gasteiger partial charge in [-0.3, -0.25) is 0 Å². The van der Waals surface area contributed by atoms with Gasteiger partial charge >= 0.3 is 5.97 Å². The summed E-state index contributed by atoms with van der Waals surface area (Å²) >= 11 is 0. The zero-order valence-corrected chi connectivity index (χ0v) is 11.9. The number of furan rings is 1. The van der Waals surface area contributed by atoms with Crippen LogP contribution in [0.3, 0.4) is 0 Å². The van der Waals surface area contributed by atoms with Crippen LogP contribution in [0.2, 0.25) is 0 Å². The van der Waals surface area contributed by atoms with Crippen LogP contribution in [0.4, 0.5) is 0 Å². The lowest BCUT2D eigenvalue weighted by molar-refractivity contribution is 0.0682. The number of hydrogen-bond donors (Lipinski definition) is 1. The monoisotopic (exact) mass is 279 g/mol. The van der Waals surface area contributed by atoms with Crippen LogP contribution in [0, 0.1) is 13.8 Å². The summed E-state index contributed by atoms with van der Waals surface area (Å²) in [5.74, 6) is -0.611. The second-order valence-corrected chi connectivity index (χ2v) is 4.77. The molecule has 0 bridgehead atoms. The van der Waals surface area contributed by atoms with Crippen molar-refractivity contribution >= 4 is 17.1 Å². The van der Waals surface area contributed by atoms with Gasteiger partial charge in [-0.2, -0.15) is 9.97 Å². The minimum atomic E-state index is -1.21. The maximum Gasteiger partial charge on any atom is 0.374 e. The van der Waals surface area contributed by atoms with E-state index < -0.39 is 5.97 Å². The number of ether oxygens (including phenoxy) is 1. The van der Waals surface area contributed by atoms with Crippen molar-refractivity contribution in [2.45, 2.75) is 13.8 Å². The van der Waals surface area contributed by atoms with Crippen molar-refractivity contribution in [3.63, 3.8) is 0 Å². The maximum atomic E-state index is 11.0. The average Bonchev–Trinajstić information content (AvgIpc) is 2.64. The number of aromatic carboxylic acids is 1. The van der Waals surface area contributed by atoms with Crippen molar-refractivity contribution in [3.8, 4) is 5.88 Å². The molecular formula is C13H17N3O4. The SMILES string of the molecule is Cc1oc2nc(C(=O)O)nc(OCCN(C)C)c2c1C. The van der Waals surface area contributed by atoms with E-state index in [0.29, 0.717) is 24.3 Å². The van der Waals surface area contributed by atoms with Gasteiger partial charge in [-0.05, 0) is 27.9 Å². The predicted molar refractivity (Wildman–Crippen MR) is 72.3 cm³/mol. The Hall–Kier alpha value is -2.15. The Bertz CT molecular complexity index is 649. The first-order valence-electron chi connectivity index (χ1n) is 6.18. The number of rotatable bonds is 5. The number of aromatic nitrogens is 2. The largest absolute Gasteiger partial charge is 0.476 e. The van der Waals surface area contributed by atoms with Gasteiger partial charge in [0.25, 0.3) is 0 Å². The lowest BCUT2D eigenvalue weighted by Crippen LogP contribution is -2.20. The summed E-state index contributed by atoms with van der Waals surface area (Å²) in [6, 6.07) is 0. The van der Waals surface area contributed by atoms with Gasteiger partial charge in [0.1, 0.15) is 17.8 Å². The van der Waals surface area contributed by atoms with Gasteiger partial charge in [0.05, 0.1) is 0 Å². The van der Waals surface area contributed by atoms with Crippen LogP contribution in [0.15, 0.2) is 4.42 Å². The van der Waals surface area contributed by atoms with E-state index in [9.17, 15) is 4.79 Å². The molecule has 0 saturated heterocycles. The van der Waals surface area contributed by atoms with Crippen LogP contribution in [0.5, 0.6) is 5.88 Å². The molecule has 0 unspecified atom stereocenters. The molecule has 7 heteroatoms. The summed E-state index contributed by atoms with van der Waals surface area (Å²) in [4.78, 5) is 20.9. The molecule has 0 atom stereocenters. The fourth-order valence-corrected chi connectivity index (χ4v) is 1.74. The van der Waals surface area contributed by atoms with Crippen LogP contribution < -0.4 is 4.74 Å². The van der Waals surface area contributed by atoms with E-state index in [1.807, 2.05) is 25.9 Å². The highest BCUT2D eigenvalue weighted by atomic mass is 16.5. The lowest BCUT2D eigenvalue weighted by atomic mass is 10.2. The number of aryl methyl sites for hydroxylation is 2. The first-order valence-corrected chi connectivity index (χ1v) is 6.18. The molecular weight excluding hydrogens is 262 g/mol. The van der Waals surface area contributed by atoms with Crippen LogP contribution in [0.1, 0.15) is 21.9 Å². The highest BCUT2D eigenvalue weighted by Gasteiger charge is 2.20. The van der Waals surface area contributed by atoms with Gasteiger partial charge in [-0.1, -0.05) is 0 Å². The predicted octanol–water partition coefficient (Wildman–Crippen LogP) is 1.48. The molecule has 2 aromatic rings. The zero-order chi connectivity index (χ0) is 14.9. The van der Waals surface area contributed by atoms with Crippen LogP contribution >= 0.6 is 0 Å². The third kappa shape index (κ3) is 2.72. The number of likely N-dealkylation sites (N-methyl/N-ethyl adjacent to an activating group) is 1. The number of nitrogens with zero attached hydrogens (tertiary/aromatic N) is 3. The molecule has 0 aromatic carbocycles. The Balaban J connectivity index is 2.45. The Labute approximate surface area is 116 Å². The minimum absolute atomic E-state index is 0.243. The quantitative estimate of drug-likeness (QED) is 0.886. The van der Waals surface area contributed by atoms with Crippen molar-refractivity contribution in [3.05, 3.63) is 17.1 Å². The number of carbonyl (C=O) groups is 1. The van der Waals surface area contributed by atoms with Gasteiger partial charge in [-0.25, -0.2) is 4.79 Å². The second kappa shape index (κ2) is 5.46. The standard InChI is InChI=1S/C13H17N3O4/c1-7-8(2)20-12-9(7)11(19-6-5-16(3)4)14-10(15-12)13(17)18/h5-6H2,1-4H3,(H,17,18). The fraction of sp³-hybridized carbons (Fsp3) is 0.462. The number of fused-ring (bicyclic) bond motifs is 1. The molecule has 0 fully saturated rings. The van der Waals surface area contributed by atoms with E-state index in [1.54, 1.807) is 6.92 Å². The van der Waals surface area contributed by atoms with Crippen molar-refractivity contribution in [1.82, 2.24) is 14.9 Å². The van der Waals surface area contributed by atoms with Gasteiger partial charge in [0, 0.05) is 12.1 Å². The molecule has 0 aliphatic rings. The molecule has 0 aliphatic heterocycles. The molecule has 20 heavy (non-hydrogen) atoms. The molecule has 108 valence electrons. The molecule has 0 aliphatic carbocycles. The first kappa shape index (κ1) is 14.3. The molecule has 0 amide bonds. The minimum Gasteiger partial charge on any atom is -0.476 e. The third-order valence-electron chi connectivity index (χ3n) is 2.96.